The molecule has 2 saturated heterocycles. The molecule has 2 aromatic rings. The first kappa shape index (κ1) is 23.2. The fraction of sp³-hybridized carbons (Fsp3) is 0.231. The molecule has 0 saturated carbocycles. The molecule has 3 aliphatic rings. The average Bonchev–Trinajstić information content (AvgIpc) is 3.35. The number of carbonyl (C=O) groups is 5. The number of Topliss-reactive ketones (excluding diaryl/α,β-unsaturated/α-hetero) is 1. The molecule has 0 aromatic heterocycles. The lowest BCUT2D eigenvalue weighted by molar-refractivity contribution is -0.132. The number of allylic oxidation sites excluding steroid dienone is 1. The van der Waals surface area contributed by atoms with Gasteiger partial charge in [-0.15, -0.1) is 0 Å². The molecule has 10 heteroatoms. The Morgan fingerprint density at radius 3 is 2.33 bits per heavy atom. The van der Waals surface area contributed by atoms with Crippen LogP contribution in [0.1, 0.15) is 27.6 Å². The van der Waals surface area contributed by atoms with Gasteiger partial charge < -0.3 is 9.47 Å². The number of anilines is 1. The number of amides is 2. The largest absolute Gasteiger partial charge is 0.465 e. The Morgan fingerprint density at radius 2 is 1.64 bits per heavy atom. The van der Waals surface area contributed by atoms with Crippen molar-refractivity contribution in [2.75, 3.05) is 12.0 Å². The number of carbonyl (C=O) groups excluding carboxylic acids is 5. The molecule has 36 heavy (non-hydrogen) atoms. The van der Waals surface area contributed by atoms with Crippen molar-refractivity contribution in [2.24, 2.45) is 16.9 Å². The lowest BCUT2D eigenvalue weighted by Crippen LogP contribution is -2.46. The molecular weight excluding hydrogens is 466 g/mol. The van der Waals surface area contributed by atoms with Crippen molar-refractivity contribution in [1.82, 2.24) is 5.01 Å². The number of rotatable bonds is 5. The van der Waals surface area contributed by atoms with Crippen molar-refractivity contribution in [2.45, 2.75) is 19.0 Å². The fourth-order valence-corrected chi connectivity index (χ4v) is 5.05. The van der Waals surface area contributed by atoms with E-state index in [1.165, 1.54) is 61.7 Å². The summed E-state index contributed by atoms with van der Waals surface area (Å²) in [4.78, 5) is 65.6. The lowest BCUT2D eigenvalue weighted by Gasteiger charge is -2.30. The summed E-state index contributed by atoms with van der Waals surface area (Å²) in [7, 11) is 1.21. The first-order chi connectivity index (χ1) is 17.3. The van der Waals surface area contributed by atoms with Gasteiger partial charge in [0.1, 0.15) is 11.8 Å². The maximum Gasteiger partial charge on any atom is 0.339 e. The van der Waals surface area contributed by atoms with E-state index in [0.29, 0.717) is 0 Å². The first-order valence-electron chi connectivity index (χ1n) is 11.2. The first-order valence-corrected chi connectivity index (χ1v) is 11.2. The zero-order chi connectivity index (χ0) is 25.6. The van der Waals surface area contributed by atoms with E-state index in [4.69, 9.17) is 9.47 Å². The van der Waals surface area contributed by atoms with E-state index in [1.54, 1.807) is 24.3 Å². The van der Waals surface area contributed by atoms with E-state index < -0.39 is 53.5 Å². The summed E-state index contributed by atoms with van der Waals surface area (Å²) in [6.45, 7) is 1.27. The molecule has 0 spiro atoms. The van der Waals surface area contributed by atoms with Gasteiger partial charge >= 0.3 is 11.9 Å². The molecule has 0 radical (unpaired) electrons. The predicted octanol–water partition coefficient (Wildman–Crippen LogP) is 2.00. The van der Waals surface area contributed by atoms with E-state index >= 15 is 0 Å². The van der Waals surface area contributed by atoms with Gasteiger partial charge in [0.2, 0.25) is 11.8 Å². The van der Waals surface area contributed by atoms with Gasteiger partial charge in [-0.1, -0.05) is 18.2 Å². The SMILES string of the molecule is COC(=O)c1ccccc1N1C(=O)C2C(C1=O)C(C(=O)c1ccc(OC(C)=O)cc1)N1N=CC=CC21. The summed E-state index contributed by atoms with van der Waals surface area (Å²) < 4.78 is 9.85. The highest BCUT2D eigenvalue weighted by atomic mass is 16.5. The highest BCUT2D eigenvalue weighted by Crippen LogP contribution is 2.46. The van der Waals surface area contributed by atoms with Crippen molar-refractivity contribution < 1.29 is 33.4 Å². The average molecular weight is 487 g/mol. The summed E-state index contributed by atoms with van der Waals surface area (Å²) in [5.74, 6) is -4.30. The number of imide groups is 1. The minimum atomic E-state index is -1.05. The molecule has 4 unspecified atom stereocenters. The van der Waals surface area contributed by atoms with Crippen LogP contribution in [0.5, 0.6) is 5.75 Å². The van der Waals surface area contributed by atoms with E-state index in [0.717, 1.165) is 4.90 Å². The van der Waals surface area contributed by atoms with Gasteiger partial charge in [0, 0.05) is 18.7 Å². The molecule has 3 aliphatic heterocycles. The third-order valence-corrected chi connectivity index (χ3v) is 6.51. The summed E-state index contributed by atoms with van der Waals surface area (Å²) in [6.07, 6.45) is 4.91. The number of hydrogen-bond acceptors (Lipinski definition) is 9. The Bertz CT molecular complexity index is 1350. The number of ketones is 1. The molecule has 182 valence electrons. The Labute approximate surface area is 205 Å². The number of hydrazone groups is 1. The quantitative estimate of drug-likeness (QED) is 0.272. The molecule has 2 aromatic carbocycles. The summed E-state index contributed by atoms with van der Waals surface area (Å²) in [5.41, 5.74) is 0.453. The van der Waals surface area contributed by atoms with Crippen LogP contribution >= 0.6 is 0 Å². The number of hydrogen-bond donors (Lipinski definition) is 0. The van der Waals surface area contributed by atoms with Gasteiger partial charge in [0.05, 0.1) is 36.2 Å². The molecule has 2 amide bonds. The van der Waals surface area contributed by atoms with Crippen molar-refractivity contribution in [3.8, 4) is 5.75 Å². The Morgan fingerprint density at radius 1 is 0.944 bits per heavy atom. The molecule has 0 aliphatic carbocycles. The van der Waals surface area contributed by atoms with Crippen LogP contribution in [0.3, 0.4) is 0 Å². The second-order valence-electron chi connectivity index (χ2n) is 8.52. The number of ether oxygens (including phenoxy) is 2. The lowest BCUT2D eigenvalue weighted by atomic mass is 9.86. The zero-order valence-electron chi connectivity index (χ0n) is 19.4. The Kier molecular flexibility index (Phi) is 5.71. The topological polar surface area (TPSA) is 123 Å². The molecule has 4 atom stereocenters. The normalized spacial score (nSPS) is 23.9. The molecule has 10 nitrogen and oxygen atoms in total. The maximum atomic E-state index is 13.8. The van der Waals surface area contributed by atoms with Crippen molar-refractivity contribution in [1.29, 1.82) is 0 Å². The molecule has 0 N–H and O–H groups in total. The van der Waals surface area contributed by atoms with Crippen LogP contribution < -0.4 is 9.64 Å². The van der Waals surface area contributed by atoms with Gasteiger partial charge in [-0.2, -0.15) is 5.10 Å². The summed E-state index contributed by atoms with van der Waals surface area (Å²) >= 11 is 0. The standard InChI is InChI=1S/C26H21N3O7/c1-14(30)36-16-11-9-15(10-12-16)23(31)22-21-20(19-8-5-13-27-29(19)22)24(32)28(25(21)33)18-7-4-3-6-17(18)26(34)35-2/h3-13,19-22H,1-2H3. The van der Waals surface area contributed by atoms with Crippen molar-refractivity contribution in [3.05, 3.63) is 71.8 Å². The molecule has 0 bridgehead atoms. The van der Waals surface area contributed by atoms with Gasteiger partial charge in [-0.25, -0.2) is 9.69 Å². The van der Waals surface area contributed by atoms with Crippen molar-refractivity contribution >= 4 is 41.4 Å². The number of benzene rings is 2. The van der Waals surface area contributed by atoms with Crippen LogP contribution in [0, 0.1) is 11.8 Å². The predicted molar refractivity (Wildman–Crippen MR) is 126 cm³/mol. The van der Waals surface area contributed by atoms with Gasteiger partial charge in [0.15, 0.2) is 5.78 Å². The minimum Gasteiger partial charge on any atom is -0.465 e. The van der Waals surface area contributed by atoms with Gasteiger partial charge in [0.25, 0.3) is 0 Å². The second kappa shape index (κ2) is 8.88. The van der Waals surface area contributed by atoms with Crippen LogP contribution in [0.4, 0.5) is 5.69 Å². The minimum absolute atomic E-state index is 0.0691. The summed E-state index contributed by atoms with van der Waals surface area (Å²) in [6, 6.07) is 10.5. The van der Waals surface area contributed by atoms with Crippen LogP contribution in [-0.4, -0.2) is 60.0 Å². The fourth-order valence-electron chi connectivity index (χ4n) is 5.05. The number of nitrogens with zero attached hydrogens (tertiary/aromatic N) is 3. The van der Waals surface area contributed by atoms with Crippen LogP contribution in [-0.2, 0) is 19.1 Å². The van der Waals surface area contributed by atoms with Gasteiger partial charge in [-0.05, 0) is 42.5 Å². The van der Waals surface area contributed by atoms with Crippen LogP contribution in [0.25, 0.3) is 0 Å². The highest BCUT2D eigenvalue weighted by molar-refractivity contribution is 6.26. The summed E-state index contributed by atoms with van der Waals surface area (Å²) in [5, 5.41) is 5.82. The third-order valence-electron chi connectivity index (χ3n) is 6.51. The molecule has 3 heterocycles. The van der Waals surface area contributed by atoms with Gasteiger partial charge in [-0.3, -0.25) is 24.2 Å². The van der Waals surface area contributed by atoms with E-state index in [-0.39, 0.29) is 22.6 Å². The van der Waals surface area contributed by atoms with E-state index in [2.05, 4.69) is 5.10 Å². The smallest absolute Gasteiger partial charge is 0.339 e. The van der Waals surface area contributed by atoms with Crippen LogP contribution in [0.2, 0.25) is 0 Å². The molecular formula is C26H21N3O7. The molecule has 2 fully saturated rings. The second-order valence-corrected chi connectivity index (χ2v) is 8.52. The number of esters is 2. The zero-order valence-corrected chi connectivity index (χ0v) is 19.4. The Balaban J connectivity index is 1.54. The number of methoxy groups -OCH3 is 1. The highest BCUT2D eigenvalue weighted by Gasteiger charge is 2.64. The van der Waals surface area contributed by atoms with E-state index in [1.807, 2.05) is 0 Å². The number of para-hydroxylation sites is 1. The van der Waals surface area contributed by atoms with Crippen LogP contribution in [0.15, 0.2) is 65.8 Å². The number of fused-ring (bicyclic) bond motifs is 3. The monoisotopic (exact) mass is 487 g/mol. The third kappa shape index (κ3) is 3.58. The Hall–Kier alpha value is -4.60. The van der Waals surface area contributed by atoms with Crippen molar-refractivity contribution in [3.63, 3.8) is 0 Å². The molecule has 5 rings (SSSR count). The van der Waals surface area contributed by atoms with E-state index in [9.17, 15) is 24.0 Å². The maximum absolute atomic E-state index is 13.8.